The highest BCUT2D eigenvalue weighted by molar-refractivity contribution is 4.81. The zero-order valence-corrected chi connectivity index (χ0v) is 10.6. The van der Waals surface area contributed by atoms with Gasteiger partial charge in [0.2, 0.25) is 0 Å². The van der Waals surface area contributed by atoms with Crippen LogP contribution < -0.4 is 0 Å². The molecule has 84 valence electrons. The van der Waals surface area contributed by atoms with Crippen molar-refractivity contribution >= 4 is 0 Å². The van der Waals surface area contributed by atoms with Crippen molar-refractivity contribution in [1.82, 2.24) is 0 Å². The molecule has 0 aromatic heterocycles. The van der Waals surface area contributed by atoms with Gasteiger partial charge >= 0.3 is 0 Å². The topological polar surface area (TPSA) is 0 Å². The molecular weight excluding hydrogens is 168 g/mol. The van der Waals surface area contributed by atoms with Gasteiger partial charge in [0.05, 0.1) is 0 Å². The molecule has 0 radical (unpaired) electrons. The predicted octanol–water partition coefficient (Wildman–Crippen LogP) is 5.05. The van der Waals surface area contributed by atoms with E-state index in [2.05, 4.69) is 40.3 Å². The van der Waals surface area contributed by atoms with Crippen molar-refractivity contribution in [2.75, 3.05) is 0 Å². The van der Waals surface area contributed by atoms with Gasteiger partial charge in [-0.3, -0.25) is 0 Å². The Kier molecular flexibility index (Phi) is 7.93. The number of allylic oxidation sites excluding steroid dienone is 1. The second-order valence-corrected chi connectivity index (χ2v) is 4.96. The largest absolute Gasteiger partial charge is 0.103 e. The van der Waals surface area contributed by atoms with Gasteiger partial charge in [-0.05, 0) is 24.2 Å². The number of rotatable bonds is 8. The van der Waals surface area contributed by atoms with Crippen molar-refractivity contribution in [3.8, 4) is 0 Å². The Labute approximate surface area is 90.8 Å². The molecule has 2 atom stereocenters. The lowest BCUT2D eigenvalue weighted by atomic mass is 9.87. The summed E-state index contributed by atoms with van der Waals surface area (Å²) in [6.07, 6.45) is 8.93. The minimum Gasteiger partial charge on any atom is -0.103 e. The van der Waals surface area contributed by atoms with E-state index < -0.39 is 0 Å². The molecule has 0 N–H and O–H groups in total. The Morgan fingerprint density at radius 2 is 1.64 bits per heavy atom. The van der Waals surface area contributed by atoms with Crippen molar-refractivity contribution in [3.05, 3.63) is 12.7 Å². The van der Waals surface area contributed by atoms with Gasteiger partial charge < -0.3 is 0 Å². The fourth-order valence-corrected chi connectivity index (χ4v) is 2.03. The maximum absolute atomic E-state index is 3.91. The average Bonchev–Trinajstić information content (AvgIpc) is 2.14. The number of hydrogen-bond acceptors (Lipinski definition) is 0. The van der Waals surface area contributed by atoms with Crippen LogP contribution in [-0.4, -0.2) is 0 Å². The predicted molar refractivity (Wildman–Crippen MR) is 66.4 cm³/mol. The van der Waals surface area contributed by atoms with Gasteiger partial charge in [-0.2, -0.15) is 0 Å². The Morgan fingerprint density at radius 1 is 1.07 bits per heavy atom. The molecule has 0 aliphatic heterocycles. The van der Waals surface area contributed by atoms with Crippen LogP contribution >= 0.6 is 0 Å². The Morgan fingerprint density at radius 3 is 2.07 bits per heavy atom. The summed E-state index contributed by atoms with van der Waals surface area (Å²) in [6.45, 7) is 13.2. The zero-order valence-electron chi connectivity index (χ0n) is 10.6. The molecule has 0 aromatic carbocycles. The third kappa shape index (κ3) is 6.23. The summed E-state index contributed by atoms with van der Waals surface area (Å²) < 4.78 is 0. The second kappa shape index (κ2) is 8.08. The minimum atomic E-state index is 0.731. The molecule has 0 heterocycles. The summed E-state index contributed by atoms with van der Waals surface area (Å²) in [4.78, 5) is 0. The van der Waals surface area contributed by atoms with Crippen LogP contribution in [0.1, 0.15) is 59.8 Å². The molecule has 0 bridgehead atoms. The van der Waals surface area contributed by atoms with Gasteiger partial charge in [0.25, 0.3) is 0 Å². The van der Waals surface area contributed by atoms with E-state index in [4.69, 9.17) is 0 Å². The van der Waals surface area contributed by atoms with E-state index in [0.717, 1.165) is 17.8 Å². The minimum absolute atomic E-state index is 0.731. The van der Waals surface area contributed by atoms with Crippen LogP contribution in [0.4, 0.5) is 0 Å². The summed E-state index contributed by atoms with van der Waals surface area (Å²) in [5.74, 6) is 2.42. The monoisotopic (exact) mass is 196 g/mol. The quantitative estimate of drug-likeness (QED) is 0.376. The van der Waals surface area contributed by atoms with Crippen LogP contribution in [0.25, 0.3) is 0 Å². The molecule has 2 unspecified atom stereocenters. The molecular formula is C14H28. The molecule has 0 rings (SSSR count). The third-order valence-electron chi connectivity index (χ3n) is 3.20. The molecule has 0 aromatic rings. The Balaban J connectivity index is 3.52. The van der Waals surface area contributed by atoms with E-state index in [0.29, 0.717) is 0 Å². The van der Waals surface area contributed by atoms with Crippen LogP contribution in [0.5, 0.6) is 0 Å². The molecule has 0 saturated carbocycles. The van der Waals surface area contributed by atoms with Gasteiger partial charge in [-0.15, -0.1) is 6.58 Å². The molecule has 0 heteroatoms. The summed E-state index contributed by atoms with van der Waals surface area (Å²) in [5, 5.41) is 0. The Hall–Kier alpha value is -0.260. The highest BCUT2D eigenvalue weighted by Gasteiger charge is 2.10. The smallest absolute Gasteiger partial charge is 0.0213 e. The lowest BCUT2D eigenvalue weighted by Gasteiger charge is -2.19. The molecule has 0 fully saturated rings. The highest BCUT2D eigenvalue weighted by Crippen LogP contribution is 2.22. The lowest BCUT2D eigenvalue weighted by molar-refractivity contribution is 0.370. The average molecular weight is 196 g/mol. The molecule has 0 aliphatic rings. The summed E-state index contributed by atoms with van der Waals surface area (Å²) in [7, 11) is 0. The Bertz CT molecular complexity index is 135. The lowest BCUT2D eigenvalue weighted by Crippen LogP contribution is -2.07. The fraction of sp³-hybridized carbons (Fsp3) is 0.857. The van der Waals surface area contributed by atoms with Crippen LogP contribution in [0.15, 0.2) is 12.7 Å². The number of unbranched alkanes of at least 4 members (excludes halogenated alkanes) is 1. The van der Waals surface area contributed by atoms with Crippen LogP contribution in [0, 0.1) is 17.8 Å². The van der Waals surface area contributed by atoms with Gasteiger partial charge in [0.15, 0.2) is 0 Å². The van der Waals surface area contributed by atoms with Gasteiger partial charge in [0, 0.05) is 0 Å². The molecule has 0 aliphatic carbocycles. The SMILES string of the molecule is C=CC(CC)C(C)CCCCC(C)C. The van der Waals surface area contributed by atoms with Crippen LogP contribution in [0.2, 0.25) is 0 Å². The highest BCUT2D eigenvalue weighted by atomic mass is 14.2. The van der Waals surface area contributed by atoms with Crippen molar-refractivity contribution in [2.24, 2.45) is 17.8 Å². The molecule has 0 saturated heterocycles. The first-order chi connectivity index (χ1) is 6.61. The van der Waals surface area contributed by atoms with Crippen molar-refractivity contribution in [1.29, 1.82) is 0 Å². The van der Waals surface area contributed by atoms with Crippen molar-refractivity contribution < 1.29 is 0 Å². The molecule has 0 nitrogen and oxygen atoms in total. The second-order valence-electron chi connectivity index (χ2n) is 4.96. The first-order valence-corrected chi connectivity index (χ1v) is 6.24. The maximum atomic E-state index is 3.91. The summed E-state index contributed by atoms with van der Waals surface area (Å²) in [5.41, 5.74) is 0. The first-order valence-electron chi connectivity index (χ1n) is 6.24. The number of hydrogen-bond donors (Lipinski definition) is 0. The van der Waals surface area contributed by atoms with Gasteiger partial charge in [-0.1, -0.05) is 59.5 Å². The summed E-state index contributed by atoms with van der Waals surface area (Å²) in [6, 6.07) is 0. The van der Waals surface area contributed by atoms with E-state index in [1.165, 1.54) is 32.1 Å². The molecule has 0 amide bonds. The fourth-order valence-electron chi connectivity index (χ4n) is 2.03. The van der Waals surface area contributed by atoms with Crippen LogP contribution in [-0.2, 0) is 0 Å². The van der Waals surface area contributed by atoms with E-state index in [-0.39, 0.29) is 0 Å². The van der Waals surface area contributed by atoms with Crippen molar-refractivity contribution in [3.63, 3.8) is 0 Å². The van der Waals surface area contributed by atoms with E-state index in [9.17, 15) is 0 Å². The van der Waals surface area contributed by atoms with Crippen LogP contribution in [0.3, 0.4) is 0 Å². The standard InChI is InChI=1S/C14H28/c1-6-14(7-2)13(5)11-9-8-10-12(3)4/h6,12-14H,1,7-11H2,2-5H3. The van der Waals surface area contributed by atoms with Crippen molar-refractivity contribution in [2.45, 2.75) is 59.8 Å². The van der Waals surface area contributed by atoms with E-state index >= 15 is 0 Å². The van der Waals surface area contributed by atoms with Gasteiger partial charge in [-0.25, -0.2) is 0 Å². The zero-order chi connectivity index (χ0) is 11.0. The normalized spacial score (nSPS) is 15.5. The van der Waals surface area contributed by atoms with E-state index in [1.807, 2.05) is 0 Å². The first kappa shape index (κ1) is 13.7. The maximum Gasteiger partial charge on any atom is -0.0213 e. The summed E-state index contributed by atoms with van der Waals surface area (Å²) >= 11 is 0. The van der Waals surface area contributed by atoms with Gasteiger partial charge in [0.1, 0.15) is 0 Å². The molecule has 14 heavy (non-hydrogen) atoms. The van der Waals surface area contributed by atoms with E-state index in [1.54, 1.807) is 0 Å². The third-order valence-corrected chi connectivity index (χ3v) is 3.20. The molecule has 0 spiro atoms.